The molecule has 0 radical (unpaired) electrons. The number of anilines is 1. The Morgan fingerprint density at radius 1 is 1.23 bits per heavy atom. The van der Waals surface area contributed by atoms with Crippen LogP contribution in [0.25, 0.3) is 11.2 Å². The number of aromatic nitrogens is 4. The summed E-state index contributed by atoms with van der Waals surface area (Å²) in [6.07, 6.45) is -0.846. The van der Waals surface area contributed by atoms with Crippen molar-refractivity contribution in [1.29, 1.82) is 0 Å². The number of rotatable bonds is 5. The first-order chi connectivity index (χ1) is 14.8. The molecule has 0 unspecified atom stereocenters. The number of aliphatic hydroxyl groups is 2. The molecule has 4 rings (SSSR count). The number of imidazole rings is 1. The number of nitrogens with one attached hydrogen (secondary N) is 1. The summed E-state index contributed by atoms with van der Waals surface area (Å²) in [6, 6.07) is 2.28. The molecule has 5 N–H and O–H groups in total. The second-order valence-corrected chi connectivity index (χ2v) is 7.28. The summed E-state index contributed by atoms with van der Waals surface area (Å²) in [5.74, 6) is -2.37. The van der Waals surface area contributed by atoms with Crippen LogP contribution in [0.5, 0.6) is 0 Å². The number of amides is 1. The van der Waals surface area contributed by atoms with E-state index in [1.807, 2.05) is 0 Å². The Bertz CT molecular complexity index is 1110. The summed E-state index contributed by atoms with van der Waals surface area (Å²) in [5.41, 5.74) is 6.90. The lowest BCUT2D eigenvalue weighted by molar-refractivity contribution is -0.158. The van der Waals surface area contributed by atoms with Crippen LogP contribution in [0.4, 0.5) is 14.6 Å². The maximum absolute atomic E-state index is 13.3. The summed E-state index contributed by atoms with van der Waals surface area (Å²) in [4.78, 5) is 24.4. The molecule has 1 fully saturated rings. The third-order valence-electron chi connectivity index (χ3n) is 5.13. The number of carbonyl (C=O) groups excluding carboxylic acids is 1. The van der Waals surface area contributed by atoms with Crippen LogP contribution in [0.1, 0.15) is 5.56 Å². The van der Waals surface area contributed by atoms with E-state index in [-0.39, 0.29) is 31.0 Å². The molecule has 1 aliphatic rings. The van der Waals surface area contributed by atoms with Gasteiger partial charge in [-0.2, -0.15) is 0 Å². The molecule has 0 aliphatic carbocycles. The summed E-state index contributed by atoms with van der Waals surface area (Å²) >= 11 is 0. The highest BCUT2D eigenvalue weighted by atomic mass is 19.2. The minimum absolute atomic E-state index is 0.0594. The maximum atomic E-state index is 13.3. The van der Waals surface area contributed by atoms with Crippen molar-refractivity contribution in [2.24, 2.45) is 0 Å². The highest BCUT2D eigenvalue weighted by molar-refractivity contribution is 5.81. The van der Waals surface area contributed by atoms with Gasteiger partial charge in [0.15, 0.2) is 23.1 Å². The van der Waals surface area contributed by atoms with Crippen molar-refractivity contribution in [3.63, 3.8) is 0 Å². The minimum atomic E-state index is -1.31. The van der Waals surface area contributed by atoms with Crippen LogP contribution in [0, 0.1) is 11.6 Å². The molecule has 1 aromatic carbocycles. The normalized spacial score (nSPS) is 23.7. The fourth-order valence-electron chi connectivity index (χ4n) is 3.49. The van der Waals surface area contributed by atoms with E-state index < -0.39 is 41.9 Å². The molecule has 31 heavy (non-hydrogen) atoms. The number of hydrogen-bond acceptors (Lipinski definition) is 8. The number of aliphatic hydroxyl groups excluding tert-OH is 2. The van der Waals surface area contributed by atoms with Crippen molar-refractivity contribution >= 4 is 22.9 Å². The van der Waals surface area contributed by atoms with Gasteiger partial charge in [0.1, 0.15) is 30.2 Å². The molecule has 0 bridgehead atoms. The minimum Gasteiger partial charge on any atom is -0.388 e. The number of fused-ring (bicyclic) bond motifs is 1. The highest BCUT2D eigenvalue weighted by Gasteiger charge is 2.39. The van der Waals surface area contributed by atoms with Gasteiger partial charge in [-0.15, -0.1) is 0 Å². The highest BCUT2D eigenvalue weighted by Crippen LogP contribution is 2.21. The van der Waals surface area contributed by atoms with E-state index in [1.165, 1.54) is 18.7 Å². The largest absolute Gasteiger partial charge is 0.388 e. The van der Waals surface area contributed by atoms with Crippen LogP contribution in [0.2, 0.25) is 0 Å². The Hall–Kier alpha value is -3.22. The quantitative estimate of drug-likeness (QED) is 0.421. The first-order valence-corrected chi connectivity index (χ1v) is 9.46. The molecule has 164 valence electrons. The van der Waals surface area contributed by atoms with Crippen molar-refractivity contribution in [2.45, 2.75) is 37.3 Å². The van der Waals surface area contributed by atoms with E-state index >= 15 is 0 Å². The van der Waals surface area contributed by atoms with Crippen LogP contribution >= 0.6 is 0 Å². The molecular weight excluding hydrogens is 414 g/mol. The van der Waals surface area contributed by atoms with Gasteiger partial charge in [0.2, 0.25) is 5.91 Å². The first kappa shape index (κ1) is 21.0. The molecule has 3 heterocycles. The topological polar surface area (TPSA) is 148 Å². The summed E-state index contributed by atoms with van der Waals surface area (Å²) < 4.78 is 33.6. The standard InChI is InChI=1S/C19H20F2N6O4/c20-10-2-1-9(3-11(10)21)4-14(28)26-12-6-31-13(17(30)16(12)29)5-27-8-25-15-18(22)23-7-24-19(15)27/h1-3,7-8,12-13,16-17,29-30H,4-6H2,(H,26,28)(H2,22,23,24)/t12-,13-,16+,17-/m1/s1. The van der Waals surface area contributed by atoms with Crippen molar-refractivity contribution in [1.82, 2.24) is 24.8 Å². The number of ether oxygens (including phenoxy) is 1. The van der Waals surface area contributed by atoms with Crippen molar-refractivity contribution in [3.05, 3.63) is 48.1 Å². The summed E-state index contributed by atoms with van der Waals surface area (Å²) in [7, 11) is 0. The van der Waals surface area contributed by atoms with Gasteiger partial charge in [0.25, 0.3) is 0 Å². The molecule has 12 heteroatoms. The van der Waals surface area contributed by atoms with Gasteiger partial charge < -0.3 is 30.6 Å². The maximum Gasteiger partial charge on any atom is 0.224 e. The monoisotopic (exact) mass is 434 g/mol. The molecule has 1 amide bonds. The van der Waals surface area contributed by atoms with Gasteiger partial charge in [-0.05, 0) is 17.7 Å². The Morgan fingerprint density at radius 2 is 2.03 bits per heavy atom. The predicted molar refractivity (Wildman–Crippen MR) is 103 cm³/mol. The molecule has 0 saturated carbocycles. The average molecular weight is 434 g/mol. The van der Waals surface area contributed by atoms with E-state index in [9.17, 15) is 23.8 Å². The zero-order valence-electron chi connectivity index (χ0n) is 16.2. The zero-order chi connectivity index (χ0) is 22.1. The summed E-state index contributed by atoms with van der Waals surface area (Å²) in [6.45, 7) is 0.0802. The lowest BCUT2D eigenvalue weighted by atomic mass is 9.97. The molecule has 4 atom stereocenters. The number of halogens is 2. The Kier molecular flexibility index (Phi) is 5.76. The summed E-state index contributed by atoms with van der Waals surface area (Å²) in [5, 5.41) is 23.5. The fraction of sp³-hybridized carbons (Fsp3) is 0.368. The number of hydrogen-bond donors (Lipinski definition) is 4. The van der Waals surface area contributed by atoms with Crippen LogP contribution in [-0.2, 0) is 22.5 Å². The molecule has 1 saturated heterocycles. The van der Waals surface area contributed by atoms with E-state index in [1.54, 1.807) is 4.57 Å². The lowest BCUT2D eigenvalue weighted by Gasteiger charge is -2.38. The molecule has 2 aromatic heterocycles. The van der Waals surface area contributed by atoms with Crippen LogP contribution in [0.3, 0.4) is 0 Å². The van der Waals surface area contributed by atoms with E-state index in [0.717, 1.165) is 12.1 Å². The van der Waals surface area contributed by atoms with Crippen LogP contribution in [-0.4, -0.2) is 66.6 Å². The first-order valence-electron chi connectivity index (χ1n) is 9.46. The number of carbonyl (C=O) groups is 1. The molecule has 10 nitrogen and oxygen atoms in total. The third kappa shape index (κ3) is 4.31. The molecule has 1 aliphatic heterocycles. The molecular formula is C19H20F2N6O4. The number of nitrogen functional groups attached to an aromatic ring is 1. The SMILES string of the molecule is Nc1ncnc2c1ncn2C[C@H]1OC[C@@H](NC(=O)Cc2ccc(F)c(F)c2)[C@H](O)[C@@H]1O. The Balaban J connectivity index is 1.37. The Labute approximate surface area is 174 Å². The predicted octanol–water partition coefficient (Wildman–Crippen LogP) is -0.465. The molecule has 0 spiro atoms. The number of benzene rings is 1. The van der Waals surface area contributed by atoms with E-state index in [0.29, 0.717) is 11.2 Å². The molecule has 3 aromatic rings. The number of nitrogens with two attached hydrogens (primary N) is 1. The van der Waals surface area contributed by atoms with Crippen molar-refractivity contribution in [3.8, 4) is 0 Å². The third-order valence-corrected chi connectivity index (χ3v) is 5.13. The van der Waals surface area contributed by atoms with Gasteiger partial charge in [0.05, 0.1) is 31.9 Å². The van der Waals surface area contributed by atoms with E-state index in [2.05, 4.69) is 20.3 Å². The van der Waals surface area contributed by atoms with Crippen LogP contribution in [0.15, 0.2) is 30.9 Å². The van der Waals surface area contributed by atoms with Gasteiger partial charge in [0, 0.05) is 0 Å². The average Bonchev–Trinajstić information content (AvgIpc) is 3.15. The van der Waals surface area contributed by atoms with Crippen molar-refractivity contribution in [2.75, 3.05) is 12.3 Å². The van der Waals surface area contributed by atoms with Gasteiger partial charge in [-0.1, -0.05) is 6.07 Å². The lowest BCUT2D eigenvalue weighted by Crippen LogP contribution is -2.60. The Morgan fingerprint density at radius 3 is 2.81 bits per heavy atom. The van der Waals surface area contributed by atoms with E-state index in [4.69, 9.17) is 10.5 Å². The van der Waals surface area contributed by atoms with Crippen LogP contribution < -0.4 is 11.1 Å². The van der Waals surface area contributed by atoms with Gasteiger partial charge >= 0.3 is 0 Å². The van der Waals surface area contributed by atoms with Crippen molar-refractivity contribution < 1.29 is 28.5 Å². The number of nitrogens with zero attached hydrogens (tertiary/aromatic N) is 4. The second-order valence-electron chi connectivity index (χ2n) is 7.28. The smallest absolute Gasteiger partial charge is 0.224 e. The second kappa shape index (κ2) is 8.49. The van der Waals surface area contributed by atoms with Gasteiger partial charge in [-0.3, -0.25) is 4.79 Å². The zero-order valence-corrected chi connectivity index (χ0v) is 16.2. The fourth-order valence-corrected chi connectivity index (χ4v) is 3.49. The van der Waals surface area contributed by atoms with Gasteiger partial charge in [-0.25, -0.2) is 23.7 Å².